The Morgan fingerprint density at radius 2 is 1.94 bits per heavy atom. The second-order valence-electron chi connectivity index (χ2n) is 4.92. The number of unbranched alkanes of at least 4 members (excludes halogenated alkanes) is 1. The Morgan fingerprint density at radius 3 is 2.67 bits per heavy atom. The molecule has 2 nitrogen and oxygen atoms in total. The van der Waals surface area contributed by atoms with Gasteiger partial charge in [0.1, 0.15) is 13.2 Å². The molecule has 1 aliphatic rings. The van der Waals surface area contributed by atoms with Gasteiger partial charge in [0.15, 0.2) is 11.5 Å². The molecule has 2 rings (SSSR count). The third-order valence-corrected chi connectivity index (χ3v) is 4.83. The number of hydrogen-bond donors (Lipinski definition) is 0. The number of rotatable bonds is 5. The maximum absolute atomic E-state index is 5.63. The van der Waals surface area contributed by atoms with Gasteiger partial charge in [-0.1, -0.05) is 48.7 Å². The molecule has 0 bridgehead atoms. The van der Waals surface area contributed by atoms with E-state index >= 15 is 0 Å². The van der Waals surface area contributed by atoms with Gasteiger partial charge in [0.05, 0.1) is 0 Å². The molecule has 0 saturated carbocycles. The molecule has 2 atom stereocenters. The van der Waals surface area contributed by atoms with E-state index in [-0.39, 0.29) is 0 Å². The Labute approximate surface area is 118 Å². The Kier molecular flexibility index (Phi) is 4.93. The number of alkyl halides is 1. The summed E-state index contributed by atoms with van der Waals surface area (Å²) in [5.74, 6) is 2.38. The Hall–Kier alpha value is -0.700. The monoisotopic (exact) mass is 312 g/mol. The normalized spacial score (nSPS) is 17.3. The molecule has 0 aromatic heterocycles. The van der Waals surface area contributed by atoms with Gasteiger partial charge in [-0.25, -0.2) is 0 Å². The predicted octanol–water partition coefficient (Wildman–Crippen LogP) is 4.72. The smallest absolute Gasteiger partial charge is 0.161 e. The quantitative estimate of drug-likeness (QED) is 0.732. The van der Waals surface area contributed by atoms with Crippen LogP contribution in [0.2, 0.25) is 0 Å². The fraction of sp³-hybridized carbons (Fsp3) is 0.600. The summed E-state index contributed by atoms with van der Waals surface area (Å²) >= 11 is 3.81. The van der Waals surface area contributed by atoms with Crippen LogP contribution in [0.3, 0.4) is 0 Å². The largest absolute Gasteiger partial charge is 0.486 e. The van der Waals surface area contributed by atoms with Crippen molar-refractivity contribution >= 4 is 15.9 Å². The lowest BCUT2D eigenvalue weighted by Crippen LogP contribution is -2.15. The number of hydrogen-bond acceptors (Lipinski definition) is 2. The van der Waals surface area contributed by atoms with Gasteiger partial charge in [-0.15, -0.1) is 0 Å². The molecular weight excluding hydrogens is 292 g/mol. The second kappa shape index (κ2) is 6.46. The average Bonchev–Trinajstić information content (AvgIpc) is 2.43. The number of benzene rings is 1. The molecule has 1 aromatic rings. The Balaban J connectivity index is 2.08. The zero-order valence-electron chi connectivity index (χ0n) is 11.1. The van der Waals surface area contributed by atoms with Crippen molar-refractivity contribution in [2.75, 3.05) is 13.2 Å². The first-order chi connectivity index (χ1) is 8.72. The molecule has 0 saturated heterocycles. The first kappa shape index (κ1) is 13.7. The van der Waals surface area contributed by atoms with E-state index in [1.165, 1.54) is 24.8 Å². The van der Waals surface area contributed by atoms with Crippen LogP contribution in [0.1, 0.15) is 43.5 Å². The molecule has 3 heteroatoms. The summed E-state index contributed by atoms with van der Waals surface area (Å²) in [5.41, 5.74) is 1.28. The van der Waals surface area contributed by atoms with Crippen LogP contribution in [0, 0.1) is 5.92 Å². The molecule has 1 aromatic carbocycles. The number of fused-ring (bicyclic) bond motifs is 1. The maximum atomic E-state index is 5.63. The Bertz CT molecular complexity index is 392. The van der Waals surface area contributed by atoms with Crippen molar-refractivity contribution in [1.29, 1.82) is 0 Å². The average molecular weight is 313 g/mol. The van der Waals surface area contributed by atoms with Crippen LogP contribution in [0.5, 0.6) is 11.5 Å². The lowest BCUT2D eigenvalue weighted by atomic mass is 9.95. The standard InChI is InChI=1S/C15H21BrO2/c1-3-4-5-11(2)15(16)12-6-7-13-14(10-12)18-9-8-17-13/h6-7,10-11,15H,3-5,8-9H2,1-2H3. The van der Waals surface area contributed by atoms with Crippen molar-refractivity contribution in [3.8, 4) is 11.5 Å². The van der Waals surface area contributed by atoms with Gasteiger partial charge in [0.25, 0.3) is 0 Å². The van der Waals surface area contributed by atoms with Gasteiger partial charge in [-0.05, 0) is 30.0 Å². The molecule has 0 fully saturated rings. The highest BCUT2D eigenvalue weighted by Gasteiger charge is 2.19. The zero-order chi connectivity index (χ0) is 13.0. The van der Waals surface area contributed by atoms with E-state index in [0.717, 1.165) is 11.5 Å². The van der Waals surface area contributed by atoms with E-state index in [0.29, 0.717) is 24.0 Å². The van der Waals surface area contributed by atoms with Crippen LogP contribution in [-0.2, 0) is 0 Å². The molecular formula is C15H21BrO2. The van der Waals surface area contributed by atoms with Crippen LogP contribution in [0.4, 0.5) is 0 Å². The third-order valence-electron chi connectivity index (χ3n) is 3.40. The van der Waals surface area contributed by atoms with Crippen molar-refractivity contribution in [3.05, 3.63) is 23.8 Å². The van der Waals surface area contributed by atoms with E-state index in [1.54, 1.807) is 0 Å². The lowest BCUT2D eigenvalue weighted by Gasteiger charge is -2.22. The van der Waals surface area contributed by atoms with Gasteiger partial charge >= 0.3 is 0 Å². The van der Waals surface area contributed by atoms with Gasteiger partial charge in [0, 0.05) is 4.83 Å². The first-order valence-corrected chi connectivity index (χ1v) is 7.67. The van der Waals surface area contributed by atoms with Crippen LogP contribution in [-0.4, -0.2) is 13.2 Å². The lowest BCUT2D eigenvalue weighted by molar-refractivity contribution is 0.171. The number of ether oxygens (including phenoxy) is 2. The molecule has 0 amide bonds. The summed E-state index contributed by atoms with van der Waals surface area (Å²) in [5, 5.41) is 0. The number of halogens is 1. The molecule has 1 heterocycles. The van der Waals surface area contributed by atoms with Gasteiger partial charge in [0.2, 0.25) is 0 Å². The minimum absolute atomic E-state index is 0.389. The van der Waals surface area contributed by atoms with E-state index in [9.17, 15) is 0 Å². The summed E-state index contributed by atoms with van der Waals surface area (Å²) in [6.45, 7) is 5.83. The highest BCUT2D eigenvalue weighted by molar-refractivity contribution is 9.09. The minimum Gasteiger partial charge on any atom is -0.486 e. The molecule has 18 heavy (non-hydrogen) atoms. The van der Waals surface area contributed by atoms with Crippen LogP contribution in [0.15, 0.2) is 18.2 Å². The van der Waals surface area contributed by atoms with E-state index in [4.69, 9.17) is 9.47 Å². The van der Waals surface area contributed by atoms with E-state index in [2.05, 4.69) is 41.9 Å². The molecule has 0 radical (unpaired) electrons. The highest BCUT2D eigenvalue weighted by atomic mass is 79.9. The van der Waals surface area contributed by atoms with Gasteiger partial charge < -0.3 is 9.47 Å². The summed E-state index contributed by atoms with van der Waals surface area (Å²) in [6, 6.07) is 6.26. The Morgan fingerprint density at radius 1 is 1.22 bits per heavy atom. The van der Waals surface area contributed by atoms with Gasteiger partial charge in [-0.3, -0.25) is 0 Å². The predicted molar refractivity (Wildman–Crippen MR) is 77.8 cm³/mol. The summed E-state index contributed by atoms with van der Waals surface area (Å²) < 4.78 is 11.2. The minimum atomic E-state index is 0.389. The third kappa shape index (κ3) is 3.19. The molecule has 100 valence electrons. The fourth-order valence-electron chi connectivity index (χ4n) is 2.23. The first-order valence-electron chi connectivity index (χ1n) is 6.76. The second-order valence-corrected chi connectivity index (χ2v) is 5.91. The van der Waals surface area contributed by atoms with Crippen molar-refractivity contribution in [2.45, 2.75) is 37.9 Å². The van der Waals surface area contributed by atoms with Crippen LogP contribution in [0.25, 0.3) is 0 Å². The topological polar surface area (TPSA) is 18.5 Å². The maximum Gasteiger partial charge on any atom is 0.161 e. The fourth-order valence-corrected chi connectivity index (χ4v) is 2.78. The van der Waals surface area contributed by atoms with Crippen molar-refractivity contribution in [3.63, 3.8) is 0 Å². The molecule has 0 aliphatic carbocycles. The highest BCUT2D eigenvalue weighted by Crippen LogP contribution is 2.39. The van der Waals surface area contributed by atoms with Crippen molar-refractivity contribution in [2.24, 2.45) is 5.92 Å². The summed E-state index contributed by atoms with van der Waals surface area (Å²) in [7, 11) is 0. The summed E-state index contributed by atoms with van der Waals surface area (Å²) in [6.07, 6.45) is 3.79. The zero-order valence-corrected chi connectivity index (χ0v) is 12.7. The SMILES string of the molecule is CCCCC(C)C(Br)c1ccc2c(c1)OCCO2. The van der Waals surface area contributed by atoms with Crippen molar-refractivity contribution in [1.82, 2.24) is 0 Å². The van der Waals surface area contributed by atoms with E-state index in [1.807, 2.05) is 6.07 Å². The van der Waals surface area contributed by atoms with Crippen LogP contribution >= 0.6 is 15.9 Å². The molecule has 0 N–H and O–H groups in total. The summed E-state index contributed by atoms with van der Waals surface area (Å²) in [4.78, 5) is 0.389. The molecule has 1 aliphatic heterocycles. The molecule has 0 spiro atoms. The van der Waals surface area contributed by atoms with E-state index < -0.39 is 0 Å². The van der Waals surface area contributed by atoms with Crippen molar-refractivity contribution < 1.29 is 9.47 Å². The molecule has 2 unspecified atom stereocenters. The van der Waals surface area contributed by atoms with Crippen LogP contribution < -0.4 is 9.47 Å². The van der Waals surface area contributed by atoms with Gasteiger partial charge in [-0.2, -0.15) is 0 Å².